The molecule has 0 aliphatic carbocycles. The normalized spacial score (nSPS) is 11.6. The first-order valence-corrected chi connectivity index (χ1v) is 10.3. The molecule has 1 amide bonds. The fourth-order valence-corrected chi connectivity index (χ4v) is 4.25. The highest BCUT2D eigenvalue weighted by Gasteiger charge is 2.13. The highest BCUT2D eigenvalue weighted by Crippen LogP contribution is 2.22. The molecule has 1 heterocycles. The molecule has 0 unspecified atom stereocenters. The zero-order chi connectivity index (χ0) is 20.3. The molecule has 0 aliphatic rings. The Bertz CT molecular complexity index is 1080. The van der Waals surface area contributed by atoms with E-state index in [1.165, 1.54) is 11.3 Å². The minimum Gasteiger partial charge on any atom is -0.465 e. The van der Waals surface area contributed by atoms with E-state index in [4.69, 9.17) is 4.74 Å². The molecule has 3 aromatic rings. The number of hydrogen-bond acceptors (Lipinski definition) is 5. The van der Waals surface area contributed by atoms with Crippen molar-refractivity contribution < 1.29 is 14.3 Å². The minimum atomic E-state index is -0.366. The van der Waals surface area contributed by atoms with Crippen LogP contribution in [0.3, 0.4) is 0 Å². The van der Waals surface area contributed by atoms with E-state index in [0.717, 1.165) is 20.4 Å². The van der Waals surface area contributed by atoms with Crippen molar-refractivity contribution in [2.75, 3.05) is 25.6 Å². The number of carbonyl (C=O) groups is 2. The maximum atomic E-state index is 12.7. The third-order valence-electron chi connectivity index (χ3n) is 4.07. The van der Waals surface area contributed by atoms with Gasteiger partial charge in [-0.15, -0.1) is 0 Å². The molecule has 0 saturated carbocycles. The van der Waals surface area contributed by atoms with E-state index >= 15 is 0 Å². The number of nitrogens with zero attached hydrogens (tertiary/aromatic N) is 3. The van der Waals surface area contributed by atoms with Gasteiger partial charge in [-0.1, -0.05) is 27.3 Å². The number of benzene rings is 2. The highest BCUT2D eigenvalue weighted by atomic mass is 79.9. The molecule has 8 heteroatoms. The summed E-state index contributed by atoms with van der Waals surface area (Å²) in [7, 11) is 3.88. The number of halogens is 1. The Kier molecular flexibility index (Phi) is 6.31. The summed E-state index contributed by atoms with van der Waals surface area (Å²) in [6.45, 7) is 2.06. The molecule has 1 aromatic heterocycles. The molecule has 0 saturated heterocycles. The molecule has 146 valence electrons. The number of carbonyl (C=O) groups excluding carboxylic acids is 2. The van der Waals surface area contributed by atoms with Gasteiger partial charge in [0.25, 0.3) is 5.91 Å². The lowest BCUT2D eigenvalue weighted by molar-refractivity contribution is -0.143. The van der Waals surface area contributed by atoms with Gasteiger partial charge in [-0.25, -0.2) is 0 Å². The van der Waals surface area contributed by atoms with E-state index in [9.17, 15) is 9.59 Å². The largest absolute Gasteiger partial charge is 0.465 e. The quantitative estimate of drug-likeness (QED) is 0.541. The Balaban J connectivity index is 2.04. The van der Waals surface area contributed by atoms with Crippen LogP contribution < -0.4 is 9.70 Å². The lowest BCUT2D eigenvalue weighted by atomic mass is 10.2. The van der Waals surface area contributed by atoms with Gasteiger partial charge in [-0.2, -0.15) is 4.99 Å². The van der Waals surface area contributed by atoms with Gasteiger partial charge in [0.1, 0.15) is 6.54 Å². The minimum absolute atomic E-state index is 0.00114. The summed E-state index contributed by atoms with van der Waals surface area (Å²) >= 11 is 4.81. The number of thiazole rings is 1. The molecule has 0 atom stereocenters. The van der Waals surface area contributed by atoms with Crippen molar-refractivity contribution in [3.63, 3.8) is 0 Å². The van der Waals surface area contributed by atoms with Crippen LogP contribution in [0.15, 0.2) is 51.9 Å². The van der Waals surface area contributed by atoms with E-state index in [2.05, 4.69) is 20.9 Å². The van der Waals surface area contributed by atoms with Gasteiger partial charge in [0.2, 0.25) is 0 Å². The summed E-state index contributed by atoms with van der Waals surface area (Å²) in [6.07, 6.45) is 0. The van der Waals surface area contributed by atoms with Crippen LogP contribution in [0.2, 0.25) is 0 Å². The summed E-state index contributed by atoms with van der Waals surface area (Å²) in [5, 5.41) is 0. The maximum Gasteiger partial charge on any atom is 0.326 e. The smallest absolute Gasteiger partial charge is 0.326 e. The van der Waals surface area contributed by atoms with Crippen molar-refractivity contribution in [2.24, 2.45) is 4.99 Å². The van der Waals surface area contributed by atoms with Gasteiger partial charge in [-0.3, -0.25) is 9.59 Å². The Hall–Kier alpha value is -2.45. The third kappa shape index (κ3) is 4.51. The summed E-state index contributed by atoms with van der Waals surface area (Å²) < 4.78 is 8.63. The second-order valence-electron chi connectivity index (χ2n) is 6.25. The zero-order valence-electron chi connectivity index (χ0n) is 15.8. The molecule has 0 radical (unpaired) electrons. The predicted molar refractivity (Wildman–Crippen MR) is 115 cm³/mol. The van der Waals surface area contributed by atoms with E-state index in [0.29, 0.717) is 17.0 Å². The van der Waals surface area contributed by atoms with Crippen molar-refractivity contribution in [3.05, 3.63) is 57.3 Å². The molecule has 2 aromatic carbocycles. The molecule has 28 heavy (non-hydrogen) atoms. The standard InChI is InChI=1S/C20H20BrN3O3S/c1-4-27-18(25)12-24-16-10-7-14(21)11-17(16)28-20(24)22-19(26)13-5-8-15(9-6-13)23(2)3/h5-11H,4,12H2,1-3H3. The average molecular weight is 462 g/mol. The van der Waals surface area contributed by atoms with Gasteiger partial charge in [-0.05, 0) is 49.4 Å². The second-order valence-corrected chi connectivity index (χ2v) is 8.17. The third-order valence-corrected chi connectivity index (χ3v) is 5.60. The van der Waals surface area contributed by atoms with Crippen molar-refractivity contribution >= 4 is 55.0 Å². The average Bonchev–Trinajstić information content (AvgIpc) is 2.98. The van der Waals surface area contributed by atoms with Gasteiger partial charge >= 0.3 is 5.97 Å². The topological polar surface area (TPSA) is 63.9 Å². The number of esters is 1. The molecule has 0 bridgehead atoms. The van der Waals surface area contributed by atoms with Gasteiger partial charge in [0, 0.05) is 29.8 Å². The van der Waals surface area contributed by atoms with E-state index < -0.39 is 0 Å². The summed E-state index contributed by atoms with van der Waals surface area (Å²) in [6, 6.07) is 13.0. The van der Waals surface area contributed by atoms with Crippen LogP contribution in [0.1, 0.15) is 17.3 Å². The monoisotopic (exact) mass is 461 g/mol. The predicted octanol–water partition coefficient (Wildman–Crippen LogP) is 3.84. The fraction of sp³-hybridized carbons (Fsp3) is 0.250. The number of hydrogen-bond donors (Lipinski definition) is 0. The van der Waals surface area contributed by atoms with E-state index in [-0.39, 0.29) is 18.4 Å². The SMILES string of the molecule is CCOC(=O)Cn1c(=NC(=O)c2ccc(N(C)C)cc2)sc2cc(Br)ccc21. The molecule has 6 nitrogen and oxygen atoms in total. The van der Waals surface area contributed by atoms with Crippen LogP contribution in [-0.2, 0) is 16.1 Å². The molecular weight excluding hydrogens is 442 g/mol. The van der Waals surface area contributed by atoms with Crippen LogP contribution in [0, 0.1) is 0 Å². The Labute approximate surface area is 175 Å². The maximum absolute atomic E-state index is 12.7. The number of ether oxygens (including phenoxy) is 1. The summed E-state index contributed by atoms with van der Waals surface area (Å²) in [4.78, 5) is 31.5. The van der Waals surface area contributed by atoms with Crippen molar-refractivity contribution in [2.45, 2.75) is 13.5 Å². The zero-order valence-corrected chi connectivity index (χ0v) is 18.2. The Morgan fingerprint density at radius 1 is 1.18 bits per heavy atom. The lowest BCUT2D eigenvalue weighted by Crippen LogP contribution is -2.23. The Morgan fingerprint density at radius 3 is 2.54 bits per heavy atom. The first-order chi connectivity index (χ1) is 13.4. The van der Waals surface area contributed by atoms with Crippen LogP contribution >= 0.6 is 27.3 Å². The molecule has 0 N–H and O–H groups in total. The summed E-state index contributed by atoms with van der Waals surface area (Å²) in [5.74, 6) is -0.720. The highest BCUT2D eigenvalue weighted by molar-refractivity contribution is 9.10. The Morgan fingerprint density at radius 2 is 1.89 bits per heavy atom. The van der Waals surface area contributed by atoms with E-state index in [1.54, 1.807) is 23.6 Å². The van der Waals surface area contributed by atoms with Gasteiger partial charge in [0.15, 0.2) is 4.80 Å². The van der Waals surface area contributed by atoms with Gasteiger partial charge < -0.3 is 14.2 Å². The van der Waals surface area contributed by atoms with Crippen molar-refractivity contribution in [1.82, 2.24) is 4.57 Å². The molecule has 0 spiro atoms. The number of amides is 1. The molecule has 0 aliphatic heterocycles. The van der Waals surface area contributed by atoms with Crippen LogP contribution in [0.5, 0.6) is 0 Å². The molecule has 0 fully saturated rings. The van der Waals surface area contributed by atoms with Crippen molar-refractivity contribution in [3.8, 4) is 0 Å². The van der Waals surface area contributed by atoms with Crippen molar-refractivity contribution in [1.29, 1.82) is 0 Å². The first kappa shape index (κ1) is 20.3. The number of aromatic nitrogens is 1. The van der Waals surface area contributed by atoms with E-state index in [1.807, 2.05) is 49.3 Å². The summed E-state index contributed by atoms with van der Waals surface area (Å²) in [5.41, 5.74) is 2.32. The van der Waals surface area contributed by atoms with Crippen LogP contribution in [0.4, 0.5) is 5.69 Å². The van der Waals surface area contributed by atoms with Crippen LogP contribution in [-0.4, -0.2) is 37.1 Å². The van der Waals surface area contributed by atoms with Crippen LogP contribution in [0.25, 0.3) is 10.2 Å². The molecular formula is C20H20BrN3O3S. The first-order valence-electron chi connectivity index (χ1n) is 8.70. The number of fused-ring (bicyclic) bond motifs is 1. The lowest BCUT2D eigenvalue weighted by Gasteiger charge is -2.11. The molecule has 3 rings (SSSR count). The number of anilines is 1. The fourth-order valence-electron chi connectivity index (χ4n) is 2.67. The number of rotatable bonds is 5. The second kappa shape index (κ2) is 8.70. The van der Waals surface area contributed by atoms with Gasteiger partial charge in [0.05, 0.1) is 16.8 Å².